The molecule has 0 amide bonds. The number of benzene rings is 1. The van der Waals surface area contributed by atoms with Gasteiger partial charge in [0.25, 0.3) is 0 Å². The molecule has 1 aliphatic heterocycles. The Morgan fingerprint density at radius 1 is 1.33 bits per heavy atom. The maximum Gasteiger partial charge on any atom is 0.0221 e. The summed E-state index contributed by atoms with van der Waals surface area (Å²) in [5, 5.41) is 3.65. The Labute approximate surface area is 111 Å². The highest BCUT2D eigenvalue weighted by Gasteiger charge is 2.22. The lowest BCUT2D eigenvalue weighted by molar-refractivity contribution is 0.259. The highest BCUT2D eigenvalue weighted by atomic mass is 15.2. The van der Waals surface area contributed by atoms with Crippen LogP contribution in [0.4, 0.5) is 0 Å². The monoisotopic (exact) mass is 246 g/mol. The SMILES string of the molecule is CCN1CCC[C@@H]1CNC[C@H](C)c1ccccc1. The number of nitrogens with zero attached hydrogens (tertiary/aromatic N) is 1. The van der Waals surface area contributed by atoms with Crippen LogP contribution in [0.25, 0.3) is 0 Å². The van der Waals surface area contributed by atoms with Gasteiger partial charge in [-0.25, -0.2) is 0 Å². The van der Waals surface area contributed by atoms with Crippen molar-refractivity contribution in [2.45, 2.75) is 38.6 Å². The molecule has 100 valence electrons. The molecule has 1 N–H and O–H groups in total. The van der Waals surface area contributed by atoms with Crippen LogP contribution in [-0.4, -0.2) is 37.1 Å². The predicted molar refractivity (Wildman–Crippen MR) is 78.0 cm³/mol. The Morgan fingerprint density at radius 3 is 2.83 bits per heavy atom. The lowest BCUT2D eigenvalue weighted by atomic mass is 10.0. The van der Waals surface area contributed by atoms with E-state index in [1.807, 2.05) is 0 Å². The Hall–Kier alpha value is -0.860. The molecule has 0 unspecified atom stereocenters. The molecule has 0 spiro atoms. The molecule has 0 radical (unpaired) electrons. The molecule has 0 saturated carbocycles. The first-order valence-corrected chi connectivity index (χ1v) is 7.31. The second-order valence-corrected chi connectivity index (χ2v) is 5.39. The van der Waals surface area contributed by atoms with Crippen molar-refractivity contribution in [3.05, 3.63) is 35.9 Å². The van der Waals surface area contributed by atoms with Crippen LogP contribution < -0.4 is 5.32 Å². The number of nitrogens with one attached hydrogen (secondary N) is 1. The zero-order valence-corrected chi connectivity index (χ0v) is 11.7. The standard InChI is InChI=1S/C16H26N2/c1-3-18-11-7-10-16(18)13-17-12-14(2)15-8-5-4-6-9-15/h4-6,8-9,14,16-17H,3,7,10-13H2,1-2H3/t14-,16+/m0/s1. The third-order valence-corrected chi connectivity index (χ3v) is 4.10. The van der Waals surface area contributed by atoms with Gasteiger partial charge in [-0.2, -0.15) is 0 Å². The van der Waals surface area contributed by atoms with E-state index in [1.54, 1.807) is 0 Å². The second-order valence-electron chi connectivity index (χ2n) is 5.39. The maximum atomic E-state index is 3.65. The third-order valence-electron chi connectivity index (χ3n) is 4.10. The molecule has 1 saturated heterocycles. The van der Waals surface area contributed by atoms with Crippen LogP contribution in [0.3, 0.4) is 0 Å². The van der Waals surface area contributed by atoms with Gasteiger partial charge < -0.3 is 5.32 Å². The molecule has 1 heterocycles. The number of likely N-dealkylation sites (N-methyl/N-ethyl adjacent to an activating group) is 1. The van der Waals surface area contributed by atoms with Gasteiger partial charge in [0.05, 0.1) is 0 Å². The summed E-state index contributed by atoms with van der Waals surface area (Å²) >= 11 is 0. The zero-order valence-electron chi connectivity index (χ0n) is 11.7. The number of likely N-dealkylation sites (tertiary alicyclic amines) is 1. The van der Waals surface area contributed by atoms with Crippen LogP contribution in [0.5, 0.6) is 0 Å². The fourth-order valence-electron chi connectivity index (χ4n) is 2.91. The largest absolute Gasteiger partial charge is 0.315 e. The third kappa shape index (κ3) is 3.56. The van der Waals surface area contributed by atoms with Crippen molar-refractivity contribution in [3.8, 4) is 0 Å². The molecule has 0 bridgehead atoms. The van der Waals surface area contributed by atoms with Crippen molar-refractivity contribution in [3.63, 3.8) is 0 Å². The molecule has 2 atom stereocenters. The number of hydrogen-bond acceptors (Lipinski definition) is 2. The molecule has 1 fully saturated rings. The van der Waals surface area contributed by atoms with E-state index in [-0.39, 0.29) is 0 Å². The summed E-state index contributed by atoms with van der Waals surface area (Å²) in [6, 6.07) is 11.5. The van der Waals surface area contributed by atoms with Crippen LogP contribution in [-0.2, 0) is 0 Å². The van der Waals surface area contributed by atoms with E-state index < -0.39 is 0 Å². The zero-order chi connectivity index (χ0) is 12.8. The first-order valence-electron chi connectivity index (χ1n) is 7.31. The van der Waals surface area contributed by atoms with Gasteiger partial charge >= 0.3 is 0 Å². The van der Waals surface area contributed by atoms with Crippen LogP contribution in [0, 0.1) is 0 Å². The van der Waals surface area contributed by atoms with Crippen LogP contribution in [0.2, 0.25) is 0 Å². The highest BCUT2D eigenvalue weighted by molar-refractivity contribution is 5.18. The minimum absolute atomic E-state index is 0.600. The molecular formula is C16H26N2. The molecule has 18 heavy (non-hydrogen) atoms. The van der Waals surface area contributed by atoms with Gasteiger partial charge in [0, 0.05) is 19.1 Å². The first kappa shape index (κ1) is 13.6. The van der Waals surface area contributed by atoms with Crippen LogP contribution in [0.15, 0.2) is 30.3 Å². The highest BCUT2D eigenvalue weighted by Crippen LogP contribution is 2.16. The van der Waals surface area contributed by atoms with Crippen molar-refractivity contribution in [2.24, 2.45) is 0 Å². The van der Waals surface area contributed by atoms with Crippen molar-refractivity contribution < 1.29 is 0 Å². The summed E-state index contributed by atoms with van der Waals surface area (Å²) < 4.78 is 0. The summed E-state index contributed by atoms with van der Waals surface area (Å²) in [5.74, 6) is 0.600. The summed E-state index contributed by atoms with van der Waals surface area (Å²) in [5.41, 5.74) is 1.43. The lowest BCUT2D eigenvalue weighted by Crippen LogP contribution is -2.38. The molecular weight excluding hydrogens is 220 g/mol. The normalized spacial score (nSPS) is 22.2. The summed E-state index contributed by atoms with van der Waals surface area (Å²) in [4.78, 5) is 2.60. The van der Waals surface area contributed by atoms with E-state index in [0.717, 1.165) is 19.1 Å². The quantitative estimate of drug-likeness (QED) is 0.830. The number of hydrogen-bond donors (Lipinski definition) is 1. The molecule has 1 aromatic rings. The van der Waals surface area contributed by atoms with Crippen molar-refractivity contribution in [1.29, 1.82) is 0 Å². The van der Waals surface area contributed by atoms with Gasteiger partial charge in [-0.1, -0.05) is 44.2 Å². The molecule has 1 aromatic carbocycles. The van der Waals surface area contributed by atoms with E-state index in [9.17, 15) is 0 Å². The van der Waals surface area contributed by atoms with E-state index >= 15 is 0 Å². The average Bonchev–Trinajstić information content (AvgIpc) is 2.87. The van der Waals surface area contributed by atoms with Crippen molar-refractivity contribution in [2.75, 3.05) is 26.2 Å². The summed E-state index contributed by atoms with van der Waals surface area (Å²) in [6.45, 7) is 9.28. The van der Waals surface area contributed by atoms with Gasteiger partial charge in [-0.05, 0) is 37.4 Å². The van der Waals surface area contributed by atoms with Gasteiger partial charge in [-0.3, -0.25) is 4.90 Å². The van der Waals surface area contributed by atoms with Crippen LogP contribution in [0.1, 0.15) is 38.2 Å². The Balaban J connectivity index is 1.72. The van der Waals surface area contributed by atoms with E-state index in [2.05, 4.69) is 54.4 Å². The minimum Gasteiger partial charge on any atom is -0.315 e. The molecule has 0 aliphatic carbocycles. The second kappa shape index (κ2) is 6.91. The van der Waals surface area contributed by atoms with Crippen LogP contribution >= 0.6 is 0 Å². The van der Waals surface area contributed by atoms with Crippen molar-refractivity contribution in [1.82, 2.24) is 10.2 Å². The van der Waals surface area contributed by atoms with Crippen molar-refractivity contribution >= 4 is 0 Å². The lowest BCUT2D eigenvalue weighted by Gasteiger charge is -2.24. The Kier molecular flexibility index (Phi) is 5.21. The Bertz CT molecular complexity index is 336. The van der Waals surface area contributed by atoms with Gasteiger partial charge in [0.1, 0.15) is 0 Å². The maximum absolute atomic E-state index is 3.65. The fourth-order valence-corrected chi connectivity index (χ4v) is 2.91. The topological polar surface area (TPSA) is 15.3 Å². The van der Waals surface area contributed by atoms with Gasteiger partial charge in [0.15, 0.2) is 0 Å². The number of rotatable bonds is 6. The molecule has 0 aromatic heterocycles. The summed E-state index contributed by atoms with van der Waals surface area (Å²) in [6.07, 6.45) is 2.73. The average molecular weight is 246 g/mol. The minimum atomic E-state index is 0.600. The summed E-state index contributed by atoms with van der Waals surface area (Å²) in [7, 11) is 0. The molecule has 2 nitrogen and oxygen atoms in total. The first-order chi connectivity index (χ1) is 8.81. The van der Waals surface area contributed by atoms with Gasteiger partial charge in [0.2, 0.25) is 0 Å². The molecule has 1 aliphatic rings. The van der Waals surface area contributed by atoms with Gasteiger partial charge in [-0.15, -0.1) is 0 Å². The van der Waals surface area contributed by atoms with E-state index in [0.29, 0.717) is 5.92 Å². The van der Waals surface area contributed by atoms with E-state index in [1.165, 1.54) is 31.5 Å². The predicted octanol–water partition coefficient (Wildman–Crippen LogP) is 2.86. The Morgan fingerprint density at radius 2 is 2.11 bits per heavy atom. The molecule has 2 heteroatoms. The fraction of sp³-hybridized carbons (Fsp3) is 0.625. The smallest absolute Gasteiger partial charge is 0.0221 e. The molecule has 2 rings (SSSR count). The van der Waals surface area contributed by atoms with E-state index in [4.69, 9.17) is 0 Å².